The maximum absolute atomic E-state index is 12.8. The van der Waals surface area contributed by atoms with Crippen LogP contribution in [0.15, 0.2) is 64.3 Å². The summed E-state index contributed by atoms with van der Waals surface area (Å²) in [6.45, 7) is 0.716. The third-order valence-electron chi connectivity index (χ3n) is 5.45. The summed E-state index contributed by atoms with van der Waals surface area (Å²) in [5, 5.41) is 8.08. The Labute approximate surface area is 191 Å². The lowest BCUT2D eigenvalue weighted by Gasteiger charge is -2.19. The molecule has 9 nitrogen and oxygen atoms in total. The summed E-state index contributed by atoms with van der Waals surface area (Å²) in [5.74, 6) is -0.668. The fraction of sp³-hybridized carbons (Fsp3) is 0.304. The molecule has 0 atom stereocenters. The quantitative estimate of drug-likeness (QED) is 0.404. The van der Waals surface area contributed by atoms with Crippen LogP contribution in [0.1, 0.15) is 31.2 Å². The molecule has 0 bridgehead atoms. The highest BCUT2D eigenvalue weighted by Gasteiger charge is 2.24. The van der Waals surface area contributed by atoms with Crippen molar-refractivity contribution in [3.05, 3.63) is 70.5 Å². The summed E-state index contributed by atoms with van der Waals surface area (Å²) in [6, 6.07) is 13.1. The van der Waals surface area contributed by atoms with E-state index in [9.17, 15) is 18.0 Å². The summed E-state index contributed by atoms with van der Waals surface area (Å²) >= 11 is 0. The second-order valence-corrected chi connectivity index (χ2v) is 9.66. The molecule has 0 spiro atoms. The molecule has 1 aliphatic rings. The maximum Gasteiger partial charge on any atom is 0.332 e. The van der Waals surface area contributed by atoms with E-state index in [1.807, 2.05) is 0 Å². The topological polar surface area (TPSA) is 111 Å². The summed E-state index contributed by atoms with van der Waals surface area (Å²) in [4.78, 5) is 24.7. The molecule has 172 valence electrons. The number of sulfonamides is 1. The predicted octanol–water partition coefficient (Wildman–Crippen LogP) is 2.57. The number of ether oxygens (including phenoxy) is 1. The lowest BCUT2D eigenvalue weighted by Crippen LogP contribution is -2.31. The highest BCUT2D eigenvalue weighted by Crippen LogP contribution is 2.21. The first-order valence-electron chi connectivity index (χ1n) is 10.7. The second kappa shape index (κ2) is 10.1. The molecule has 2 heterocycles. The zero-order valence-electron chi connectivity index (χ0n) is 18.0. The normalized spacial score (nSPS) is 15.5. The lowest BCUT2D eigenvalue weighted by atomic mass is 10.2. The Morgan fingerprint density at radius 2 is 1.70 bits per heavy atom. The van der Waals surface area contributed by atoms with Gasteiger partial charge in [-0.15, -0.1) is 5.10 Å². The lowest BCUT2D eigenvalue weighted by molar-refractivity contribution is -0.141. The van der Waals surface area contributed by atoms with Crippen LogP contribution in [-0.2, 0) is 26.3 Å². The number of esters is 1. The minimum absolute atomic E-state index is 0.235. The van der Waals surface area contributed by atoms with Gasteiger partial charge in [-0.2, -0.15) is 8.99 Å². The van der Waals surface area contributed by atoms with Gasteiger partial charge in [0.2, 0.25) is 10.0 Å². The van der Waals surface area contributed by atoms with Gasteiger partial charge in [0.05, 0.1) is 10.3 Å². The molecule has 0 N–H and O–H groups in total. The molecule has 4 rings (SSSR count). The molecule has 10 heteroatoms. The standard InChI is InChI=1S/C23H24N4O5S/c28-22(32-17-27-23(29)20-7-3-4-8-21(20)24-25-27)14-11-18-9-12-19(13-10-18)33(30,31)26-15-5-1-2-6-16-26/h3-4,7-14H,1-2,5-6,15-17H2. The van der Waals surface area contributed by atoms with Crippen molar-refractivity contribution in [2.45, 2.75) is 37.3 Å². The minimum Gasteiger partial charge on any atom is -0.439 e. The third kappa shape index (κ3) is 5.35. The van der Waals surface area contributed by atoms with Gasteiger partial charge in [-0.1, -0.05) is 42.3 Å². The van der Waals surface area contributed by atoms with Crippen LogP contribution in [0.25, 0.3) is 17.0 Å². The van der Waals surface area contributed by atoms with Gasteiger partial charge in [0.15, 0.2) is 6.73 Å². The van der Waals surface area contributed by atoms with E-state index >= 15 is 0 Å². The average molecular weight is 469 g/mol. The molecule has 0 radical (unpaired) electrons. The van der Waals surface area contributed by atoms with Crippen molar-refractivity contribution in [3.8, 4) is 0 Å². The minimum atomic E-state index is -3.52. The molecule has 1 fully saturated rings. The van der Waals surface area contributed by atoms with Gasteiger partial charge in [-0.25, -0.2) is 13.2 Å². The Balaban J connectivity index is 1.37. The van der Waals surface area contributed by atoms with Gasteiger partial charge >= 0.3 is 5.97 Å². The van der Waals surface area contributed by atoms with Crippen molar-refractivity contribution in [2.75, 3.05) is 13.1 Å². The number of aromatic nitrogens is 3. The van der Waals surface area contributed by atoms with Crippen LogP contribution in [0.3, 0.4) is 0 Å². The molecule has 1 saturated heterocycles. The molecule has 33 heavy (non-hydrogen) atoms. The zero-order chi connectivity index (χ0) is 23.3. The molecule has 2 aromatic carbocycles. The van der Waals surface area contributed by atoms with Crippen LogP contribution in [0, 0.1) is 0 Å². The van der Waals surface area contributed by atoms with Crippen LogP contribution >= 0.6 is 0 Å². The molecule has 1 aliphatic heterocycles. The Morgan fingerprint density at radius 3 is 2.42 bits per heavy atom. The molecule has 3 aromatic rings. The highest BCUT2D eigenvalue weighted by atomic mass is 32.2. The molecular formula is C23H24N4O5S. The zero-order valence-corrected chi connectivity index (χ0v) is 18.8. The largest absolute Gasteiger partial charge is 0.439 e. The van der Waals surface area contributed by atoms with Crippen LogP contribution in [0.4, 0.5) is 0 Å². The van der Waals surface area contributed by atoms with E-state index in [0.717, 1.165) is 30.4 Å². The van der Waals surface area contributed by atoms with Gasteiger partial charge in [-0.3, -0.25) is 4.79 Å². The van der Waals surface area contributed by atoms with Crippen molar-refractivity contribution in [1.29, 1.82) is 0 Å². The second-order valence-electron chi connectivity index (χ2n) is 7.72. The number of hydrogen-bond donors (Lipinski definition) is 0. The number of carbonyl (C=O) groups excluding carboxylic acids is 1. The molecule has 0 saturated carbocycles. The third-order valence-corrected chi connectivity index (χ3v) is 7.37. The van der Waals surface area contributed by atoms with E-state index in [2.05, 4.69) is 10.3 Å². The van der Waals surface area contributed by atoms with E-state index in [0.29, 0.717) is 29.6 Å². The van der Waals surface area contributed by atoms with Crippen molar-refractivity contribution in [3.63, 3.8) is 0 Å². The van der Waals surface area contributed by atoms with E-state index in [1.54, 1.807) is 40.7 Å². The van der Waals surface area contributed by atoms with E-state index < -0.39 is 21.6 Å². The molecule has 0 unspecified atom stereocenters. The number of fused-ring (bicyclic) bond motifs is 1. The van der Waals surface area contributed by atoms with Gasteiger partial charge < -0.3 is 4.74 Å². The van der Waals surface area contributed by atoms with Crippen LogP contribution in [0.2, 0.25) is 0 Å². The van der Waals surface area contributed by atoms with Gasteiger partial charge in [0, 0.05) is 19.2 Å². The SMILES string of the molecule is O=C(C=Cc1ccc(S(=O)(=O)N2CCCCCC2)cc1)OCn1nnc2ccccc2c1=O. The van der Waals surface area contributed by atoms with Crippen molar-refractivity contribution in [2.24, 2.45) is 0 Å². The summed E-state index contributed by atoms with van der Waals surface area (Å²) in [7, 11) is -3.52. The van der Waals surface area contributed by atoms with E-state index in [1.165, 1.54) is 24.3 Å². The molecular weight excluding hydrogens is 444 g/mol. The van der Waals surface area contributed by atoms with Crippen LogP contribution < -0.4 is 5.56 Å². The number of benzene rings is 2. The first kappa shape index (κ1) is 22.8. The number of rotatable bonds is 6. The smallest absolute Gasteiger partial charge is 0.332 e. The highest BCUT2D eigenvalue weighted by molar-refractivity contribution is 7.89. The molecule has 0 amide bonds. The van der Waals surface area contributed by atoms with E-state index in [4.69, 9.17) is 4.74 Å². The predicted molar refractivity (Wildman–Crippen MR) is 123 cm³/mol. The van der Waals surface area contributed by atoms with E-state index in [-0.39, 0.29) is 11.6 Å². The fourth-order valence-electron chi connectivity index (χ4n) is 3.63. The average Bonchev–Trinajstić information content (AvgIpc) is 3.13. The van der Waals surface area contributed by atoms with Gasteiger partial charge in [-0.05, 0) is 48.7 Å². The van der Waals surface area contributed by atoms with Crippen molar-refractivity contribution in [1.82, 2.24) is 19.3 Å². The summed E-state index contributed by atoms with van der Waals surface area (Å²) < 4.78 is 33.3. The van der Waals surface area contributed by atoms with Crippen LogP contribution in [-0.4, -0.2) is 46.8 Å². The first-order valence-corrected chi connectivity index (χ1v) is 12.2. The number of hydrogen-bond acceptors (Lipinski definition) is 7. The molecule has 1 aromatic heterocycles. The summed E-state index contributed by atoms with van der Waals surface area (Å²) in [5.41, 5.74) is 0.703. The Morgan fingerprint density at radius 1 is 1.00 bits per heavy atom. The Bertz CT molecular complexity index is 1320. The number of nitrogens with zero attached hydrogens (tertiary/aromatic N) is 4. The van der Waals surface area contributed by atoms with Crippen LogP contribution in [0.5, 0.6) is 0 Å². The van der Waals surface area contributed by atoms with Gasteiger partial charge in [0.1, 0.15) is 5.52 Å². The van der Waals surface area contributed by atoms with Crippen molar-refractivity contribution < 1.29 is 17.9 Å². The Kier molecular flexibility index (Phi) is 6.95. The van der Waals surface area contributed by atoms with Gasteiger partial charge in [0.25, 0.3) is 5.56 Å². The summed E-state index contributed by atoms with van der Waals surface area (Å²) in [6.07, 6.45) is 6.57. The Hall–Kier alpha value is -3.37. The number of carbonyl (C=O) groups is 1. The fourth-order valence-corrected chi connectivity index (χ4v) is 5.14. The monoisotopic (exact) mass is 468 g/mol. The maximum atomic E-state index is 12.8. The first-order chi connectivity index (χ1) is 15.9. The molecule has 0 aliphatic carbocycles. The van der Waals surface area contributed by atoms with Crippen molar-refractivity contribution >= 4 is 33.0 Å².